The molecule has 106 valence electrons. The summed E-state index contributed by atoms with van der Waals surface area (Å²) in [4.78, 5) is 0. The molecule has 0 saturated heterocycles. The fourth-order valence-corrected chi connectivity index (χ4v) is 3.08. The Bertz CT molecular complexity index is 556. The van der Waals surface area contributed by atoms with E-state index >= 15 is 0 Å². The van der Waals surface area contributed by atoms with Crippen molar-refractivity contribution in [3.05, 3.63) is 69.2 Å². The standard InChI is InChI=1S/C17H19BrClN/c1-2-20-12-14(15-8-4-6-10-17(15)19)11-13-7-3-5-9-16(13)18/h3-10,14,20H,2,11-12H2,1H3. The lowest BCUT2D eigenvalue weighted by atomic mass is 9.92. The highest BCUT2D eigenvalue weighted by atomic mass is 79.9. The maximum absolute atomic E-state index is 6.36. The molecule has 0 bridgehead atoms. The molecule has 20 heavy (non-hydrogen) atoms. The number of hydrogen-bond acceptors (Lipinski definition) is 1. The first kappa shape index (κ1) is 15.6. The van der Waals surface area contributed by atoms with Gasteiger partial charge in [-0.05, 0) is 36.2 Å². The number of nitrogens with one attached hydrogen (secondary N) is 1. The molecular formula is C17H19BrClN. The number of likely N-dealkylation sites (N-methyl/N-ethyl adjacent to an activating group) is 1. The smallest absolute Gasteiger partial charge is 0.0441 e. The molecule has 0 spiro atoms. The van der Waals surface area contributed by atoms with E-state index in [1.807, 2.05) is 18.2 Å². The Morgan fingerprint density at radius 3 is 2.50 bits per heavy atom. The molecule has 3 heteroatoms. The molecule has 2 aromatic carbocycles. The molecule has 1 N–H and O–H groups in total. The molecule has 0 amide bonds. The van der Waals surface area contributed by atoms with Gasteiger partial charge in [0.1, 0.15) is 0 Å². The van der Waals surface area contributed by atoms with Crippen molar-refractivity contribution in [3.8, 4) is 0 Å². The molecule has 2 aromatic rings. The predicted molar refractivity (Wildman–Crippen MR) is 90.6 cm³/mol. The van der Waals surface area contributed by atoms with Crippen molar-refractivity contribution in [1.82, 2.24) is 5.32 Å². The Hall–Kier alpha value is -0.830. The van der Waals surface area contributed by atoms with E-state index in [4.69, 9.17) is 11.6 Å². The van der Waals surface area contributed by atoms with Gasteiger partial charge in [-0.3, -0.25) is 0 Å². The van der Waals surface area contributed by atoms with Gasteiger partial charge in [0, 0.05) is 22.0 Å². The second-order valence-corrected chi connectivity index (χ2v) is 6.08. The number of hydrogen-bond donors (Lipinski definition) is 1. The lowest BCUT2D eigenvalue weighted by molar-refractivity contribution is 0.594. The van der Waals surface area contributed by atoms with Crippen LogP contribution in [0.3, 0.4) is 0 Å². The van der Waals surface area contributed by atoms with E-state index in [-0.39, 0.29) is 0 Å². The summed E-state index contributed by atoms with van der Waals surface area (Å²) in [5.74, 6) is 0.377. The first-order valence-corrected chi connectivity index (χ1v) is 8.08. The van der Waals surface area contributed by atoms with Crippen molar-refractivity contribution in [2.75, 3.05) is 13.1 Å². The monoisotopic (exact) mass is 351 g/mol. The van der Waals surface area contributed by atoms with Crippen molar-refractivity contribution in [2.24, 2.45) is 0 Å². The van der Waals surface area contributed by atoms with Crippen LogP contribution in [0.2, 0.25) is 5.02 Å². The lowest BCUT2D eigenvalue weighted by Crippen LogP contribution is -2.23. The second-order valence-electron chi connectivity index (χ2n) is 4.82. The van der Waals surface area contributed by atoms with E-state index in [2.05, 4.69) is 58.5 Å². The van der Waals surface area contributed by atoms with E-state index in [9.17, 15) is 0 Å². The number of benzene rings is 2. The molecule has 1 nitrogen and oxygen atoms in total. The summed E-state index contributed by atoms with van der Waals surface area (Å²) in [5.41, 5.74) is 2.53. The van der Waals surface area contributed by atoms with Gasteiger partial charge in [0.25, 0.3) is 0 Å². The summed E-state index contributed by atoms with van der Waals surface area (Å²) in [7, 11) is 0. The molecule has 0 heterocycles. The van der Waals surface area contributed by atoms with Crippen molar-refractivity contribution >= 4 is 27.5 Å². The molecule has 1 atom stereocenters. The maximum atomic E-state index is 6.36. The summed E-state index contributed by atoms with van der Waals surface area (Å²) in [5, 5.41) is 4.29. The molecule has 0 fully saturated rings. The average molecular weight is 353 g/mol. The molecule has 1 unspecified atom stereocenters. The molecule has 0 aliphatic carbocycles. The summed E-state index contributed by atoms with van der Waals surface area (Å²) in [6.07, 6.45) is 0.970. The topological polar surface area (TPSA) is 12.0 Å². The third kappa shape index (κ3) is 4.08. The van der Waals surface area contributed by atoms with Gasteiger partial charge in [-0.2, -0.15) is 0 Å². The van der Waals surface area contributed by atoms with E-state index in [1.54, 1.807) is 0 Å². The molecule has 0 aromatic heterocycles. The van der Waals surface area contributed by atoms with Gasteiger partial charge in [0.15, 0.2) is 0 Å². The average Bonchev–Trinajstić information content (AvgIpc) is 2.46. The van der Waals surface area contributed by atoms with Gasteiger partial charge in [-0.25, -0.2) is 0 Å². The zero-order chi connectivity index (χ0) is 14.4. The SMILES string of the molecule is CCNCC(Cc1ccccc1Br)c1ccccc1Cl. The van der Waals surface area contributed by atoms with Gasteiger partial charge in [0.05, 0.1) is 0 Å². The molecule has 0 saturated carbocycles. The van der Waals surface area contributed by atoms with Gasteiger partial charge in [-0.1, -0.05) is 70.9 Å². The Kier molecular flexibility index (Phi) is 6.08. The Morgan fingerprint density at radius 1 is 1.10 bits per heavy atom. The zero-order valence-electron chi connectivity index (χ0n) is 11.6. The number of halogens is 2. The maximum Gasteiger partial charge on any atom is 0.0441 e. The molecular weight excluding hydrogens is 334 g/mol. The van der Waals surface area contributed by atoms with E-state index in [0.717, 1.165) is 29.0 Å². The van der Waals surface area contributed by atoms with E-state index < -0.39 is 0 Å². The van der Waals surface area contributed by atoms with E-state index in [0.29, 0.717) is 5.92 Å². The Morgan fingerprint density at radius 2 is 1.80 bits per heavy atom. The van der Waals surface area contributed by atoms with Crippen LogP contribution in [0.1, 0.15) is 24.0 Å². The number of rotatable bonds is 6. The summed E-state index contributed by atoms with van der Waals surface area (Å²) in [6, 6.07) is 16.5. The first-order chi connectivity index (χ1) is 9.72. The minimum atomic E-state index is 0.377. The third-order valence-corrected chi connectivity index (χ3v) is 4.53. The minimum absolute atomic E-state index is 0.377. The highest BCUT2D eigenvalue weighted by Crippen LogP contribution is 2.29. The zero-order valence-corrected chi connectivity index (χ0v) is 13.9. The fraction of sp³-hybridized carbons (Fsp3) is 0.294. The molecule has 2 rings (SSSR count). The van der Waals surface area contributed by atoms with Crippen molar-refractivity contribution in [3.63, 3.8) is 0 Å². The Balaban J connectivity index is 2.24. The van der Waals surface area contributed by atoms with Crippen LogP contribution < -0.4 is 5.32 Å². The van der Waals surface area contributed by atoms with Crippen LogP contribution in [-0.2, 0) is 6.42 Å². The van der Waals surface area contributed by atoms with Crippen LogP contribution in [0.15, 0.2) is 53.0 Å². The molecule has 0 aliphatic heterocycles. The van der Waals surface area contributed by atoms with Gasteiger partial charge >= 0.3 is 0 Å². The Labute approximate surface area is 134 Å². The van der Waals surface area contributed by atoms with Crippen molar-refractivity contribution < 1.29 is 0 Å². The molecule has 0 radical (unpaired) electrons. The summed E-state index contributed by atoms with van der Waals surface area (Å²) in [6.45, 7) is 4.03. The van der Waals surface area contributed by atoms with Gasteiger partial charge in [0.2, 0.25) is 0 Å². The van der Waals surface area contributed by atoms with Crippen LogP contribution in [0, 0.1) is 0 Å². The highest BCUT2D eigenvalue weighted by Gasteiger charge is 2.16. The van der Waals surface area contributed by atoms with Crippen LogP contribution in [-0.4, -0.2) is 13.1 Å². The quantitative estimate of drug-likeness (QED) is 0.768. The van der Waals surface area contributed by atoms with Crippen LogP contribution in [0.5, 0.6) is 0 Å². The molecule has 0 aliphatic rings. The summed E-state index contributed by atoms with van der Waals surface area (Å²) < 4.78 is 1.16. The van der Waals surface area contributed by atoms with Crippen LogP contribution in [0.25, 0.3) is 0 Å². The van der Waals surface area contributed by atoms with Gasteiger partial charge in [-0.15, -0.1) is 0 Å². The van der Waals surface area contributed by atoms with E-state index in [1.165, 1.54) is 11.1 Å². The largest absolute Gasteiger partial charge is 0.316 e. The van der Waals surface area contributed by atoms with Crippen LogP contribution in [0.4, 0.5) is 0 Å². The highest BCUT2D eigenvalue weighted by molar-refractivity contribution is 9.10. The van der Waals surface area contributed by atoms with Crippen molar-refractivity contribution in [2.45, 2.75) is 19.3 Å². The predicted octanol–water partition coefficient (Wildman–Crippen LogP) is 5.04. The van der Waals surface area contributed by atoms with Crippen LogP contribution >= 0.6 is 27.5 Å². The third-order valence-electron chi connectivity index (χ3n) is 3.41. The summed E-state index contributed by atoms with van der Waals surface area (Å²) >= 11 is 10.00. The fourth-order valence-electron chi connectivity index (χ4n) is 2.35. The first-order valence-electron chi connectivity index (χ1n) is 6.91. The van der Waals surface area contributed by atoms with Gasteiger partial charge < -0.3 is 5.32 Å². The van der Waals surface area contributed by atoms with Crippen molar-refractivity contribution in [1.29, 1.82) is 0 Å². The normalized spacial score (nSPS) is 12.3. The minimum Gasteiger partial charge on any atom is -0.316 e. The second kappa shape index (κ2) is 7.82. The lowest BCUT2D eigenvalue weighted by Gasteiger charge is -2.20.